The van der Waals surface area contributed by atoms with E-state index in [1.165, 1.54) is 24.3 Å². The number of nitrogens with zero attached hydrogens (tertiary/aromatic N) is 2. The summed E-state index contributed by atoms with van der Waals surface area (Å²) >= 11 is 7.04. The average Bonchev–Trinajstić information content (AvgIpc) is 3.22. The van der Waals surface area contributed by atoms with Gasteiger partial charge in [0.25, 0.3) is 15.9 Å². The molecule has 1 aromatic heterocycles. The Morgan fingerprint density at radius 1 is 1.00 bits per heavy atom. The fourth-order valence-electron chi connectivity index (χ4n) is 3.28. The van der Waals surface area contributed by atoms with E-state index in [-0.39, 0.29) is 26.7 Å². The van der Waals surface area contributed by atoms with Gasteiger partial charge in [0, 0.05) is 5.02 Å². The highest BCUT2D eigenvalue weighted by Crippen LogP contribution is 2.28. The molecule has 1 heterocycles. The second-order valence-electron chi connectivity index (χ2n) is 7.63. The lowest BCUT2D eigenvalue weighted by atomic mass is 9.94. The molecule has 0 saturated heterocycles. The van der Waals surface area contributed by atoms with Crippen LogP contribution in [-0.2, 0) is 15.6 Å². The summed E-state index contributed by atoms with van der Waals surface area (Å²) in [6.45, 7) is 3.74. The molecule has 7 nitrogen and oxygen atoms in total. The molecule has 4 rings (SSSR count). The fourth-order valence-corrected chi connectivity index (χ4v) is 5.29. The van der Waals surface area contributed by atoms with Crippen LogP contribution in [0.1, 0.15) is 29.8 Å². The summed E-state index contributed by atoms with van der Waals surface area (Å²) in [6.07, 6.45) is 0. The zero-order valence-electron chi connectivity index (χ0n) is 17.2. The van der Waals surface area contributed by atoms with Crippen LogP contribution in [0.2, 0.25) is 5.02 Å². The average molecular weight is 487 g/mol. The molecule has 0 radical (unpaired) electrons. The van der Waals surface area contributed by atoms with Crippen molar-refractivity contribution in [1.82, 2.24) is 14.1 Å². The molecule has 0 spiro atoms. The summed E-state index contributed by atoms with van der Waals surface area (Å²) in [7, 11) is -4.06. The molecule has 0 bridgehead atoms. The molecule has 3 aromatic carbocycles. The second kappa shape index (κ2) is 8.50. The zero-order chi connectivity index (χ0) is 22.9. The van der Waals surface area contributed by atoms with Crippen LogP contribution in [0.5, 0.6) is 0 Å². The van der Waals surface area contributed by atoms with Gasteiger partial charge in [0.1, 0.15) is 15.9 Å². The summed E-state index contributed by atoms with van der Waals surface area (Å²) in [5, 5.41) is 3.25. The molecule has 0 unspecified atom stereocenters. The molecule has 0 aliphatic carbocycles. The van der Waals surface area contributed by atoms with E-state index in [2.05, 4.69) is 18.8 Å². The molecular weight excluding hydrogens is 468 g/mol. The molecule has 32 heavy (non-hydrogen) atoms. The summed E-state index contributed by atoms with van der Waals surface area (Å²) in [4.78, 5) is 13.1. The number of carbonyl (C=O) groups excluding carboxylic acids is 1. The second-order valence-corrected chi connectivity index (χ2v) is 10.2. The quantitative estimate of drug-likeness (QED) is 0.407. The third-order valence-electron chi connectivity index (χ3n) is 4.93. The molecule has 164 valence electrons. The van der Waals surface area contributed by atoms with Gasteiger partial charge in [-0.2, -0.15) is 8.75 Å². The number of nitrogens with one attached hydrogen (secondary N) is 2. The van der Waals surface area contributed by atoms with E-state index in [1.807, 2.05) is 44.2 Å². The maximum Gasteiger partial charge on any atom is 0.264 e. The Bertz CT molecular complexity index is 1400. The Kier molecular flexibility index (Phi) is 5.89. The number of hydrogen-bond acceptors (Lipinski definition) is 6. The number of fused-ring (bicyclic) bond motifs is 1. The van der Waals surface area contributed by atoms with E-state index >= 15 is 0 Å². The van der Waals surface area contributed by atoms with Crippen LogP contribution in [0.25, 0.3) is 11.0 Å². The molecule has 0 fully saturated rings. The van der Waals surface area contributed by atoms with Gasteiger partial charge in [0.15, 0.2) is 0 Å². The molecule has 4 aromatic rings. The topological polar surface area (TPSA) is 101 Å². The first-order chi connectivity index (χ1) is 15.2. The van der Waals surface area contributed by atoms with Crippen LogP contribution >= 0.6 is 23.3 Å². The van der Waals surface area contributed by atoms with Crippen molar-refractivity contribution in [2.24, 2.45) is 0 Å². The van der Waals surface area contributed by atoms with E-state index in [9.17, 15) is 13.2 Å². The third-order valence-corrected chi connectivity index (χ3v) is 7.11. The minimum absolute atomic E-state index is 0.0281. The molecule has 1 amide bonds. The minimum atomic E-state index is -4.06. The molecule has 2 N–H and O–H groups in total. The van der Waals surface area contributed by atoms with Crippen molar-refractivity contribution in [1.29, 1.82) is 0 Å². The summed E-state index contributed by atoms with van der Waals surface area (Å²) in [5.74, 6) is -0.443. The number of rotatable bonds is 6. The number of anilines is 1. The van der Waals surface area contributed by atoms with E-state index in [0.29, 0.717) is 5.52 Å². The third kappa shape index (κ3) is 4.45. The number of hydrogen-bond donors (Lipinski definition) is 2. The van der Waals surface area contributed by atoms with Gasteiger partial charge in [-0.15, -0.1) is 0 Å². The lowest BCUT2D eigenvalue weighted by Crippen LogP contribution is -2.41. The van der Waals surface area contributed by atoms with Gasteiger partial charge >= 0.3 is 0 Å². The van der Waals surface area contributed by atoms with Crippen molar-refractivity contribution >= 4 is 56.0 Å². The summed E-state index contributed by atoms with van der Waals surface area (Å²) < 4.78 is 37.0. The number of aromatic nitrogens is 2. The maximum atomic E-state index is 13.2. The van der Waals surface area contributed by atoms with Gasteiger partial charge in [-0.25, -0.2) is 8.42 Å². The highest BCUT2D eigenvalue weighted by molar-refractivity contribution is 7.93. The fraction of sp³-hybridized carbons (Fsp3) is 0.136. The minimum Gasteiger partial charge on any atom is -0.343 e. The lowest BCUT2D eigenvalue weighted by Gasteiger charge is -2.27. The van der Waals surface area contributed by atoms with Gasteiger partial charge in [0.05, 0.1) is 28.5 Å². The molecule has 0 saturated carbocycles. The highest BCUT2D eigenvalue weighted by atomic mass is 35.5. The van der Waals surface area contributed by atoms with Gasteiger partial charge in [0.2, 0.25) is 0 Å². The molecule has 0 aliphatic heterocycles. The van der Waals surface area contributed by atoms with Gasteiger partial charge in [-0.05, 0) is 49.7 Å². The normalized spacial score (nSPS) is 12.0. The van der Waals surface area contributed by atoms with Crippen molar-refractivity contribution in [3.8, 4) is 0 Å². The van der Waals surface area contributed by atoms with Crippen molar-refractivity contribution in [2.75, 3.05) is 4.72 Å². The van der Waals surface area contributed by atoms with Crippen LogP contribution in [0, 0.1) is 0 Å². The predicted molar refractivity (Wildman–Crippen MR) is 127 cm³/mol. The van der Waals surface area contributed by atoms with E-state index in [1.54, 1.807) is 12.1 Å². The maximum absolute atomic E-state index is 13.2. The van der Waals surface area contributed by atoms with Gasteiger partial charge < -0.3 is 5.32 Å². The molecule has 10 heteroatoms. The predicted octanol–water partition coefficient (Wildman–Crippen LogP) is 4.81. The van der Waals surface area contributed by atoms with Crippen LogP contribution in [0.3, 0.4) is 0 Å². The van der Waals surface area contributed by atoms with Crippen molar-refractivity contribution in [2.45, 2.75) is 24.3 Å². The summed E-state index contributed by atoms with van der Waals surface area (Å²) in [6, 6.07) is 18.6. The van der Waals surface area contributed by atoms with Crippen molar-refractivity contribution < 1.29 is 13.2 Å². The van der Waals surface area contributed by atoms with Crippen LogP contribution in [0.15, 0.2) is 71.6 Å². The van der Waals surface area contributed by atoms with Crippen molar-refractivity contribution in [3.05, 3.63) is 82.9 Å². The molecule has 0 aliphatic rings. The van der Waals surface area contributed by atoms with E-state index in [0.717, 1.165) is 17.3 Å². The Morgan fingerprint density at radius 3 is 2.50 bits per heavy atom. The summed E-state index contributed by atoms with van der Waals surface area (Å²) in [5.41, 5.74) is 1.18. The monoisotopic (exact) mass is 486 g/mol. The highest BCUT2D eigenvalue weighted by Gasteiger charge is 2.27. The van der Waals surface area contributed by atoms with Gasteiger partial charge in [-0.1, -0.05) is 48.0 Å². The Balaban J connectivity index is 1.68. The smallest absolute Gasteiger partial charge is 0.264 e. The molecule has 0 atom stereocenters. The van der Waals surface area contributed by atoms with E-state index in [4.69, 9.17) is 11.6 Å². The number of carbonyl (C=O) groups is 1. The number of benzene rings is 3. The lowest BCUT2D eigenvalue weighted by molar-refractivity contribution is 0.0913. The van der Waals surface area contributed by atoms with Crippen molar-refractivity contribution in [3.63, 3.8) is 0 Å². The number of halogens is 1. The van der Waals surface area contributed by atoms with Gasteiger partial charge in [-0.3, -0.25) is 9.52 Å². The van der Waals surface area contributed by atoms with E-state index < -0.39 is 21.5 Å². The first-order valence-corrected chi connectivity index (χ1v) is 12.2. The molecular formula is C22H19ClN4O3S2. The largest absolute Gasteiger partial charge is 0.343 e. The first kappa shape index (κ1) is 22.2. The Labute approximate surface area is 194 Å². The van der Waals surface area contributed by atoms with Crippen LogP contribution < -0.4 is 10.0 Å². The standard InChI is InChI=1S/C22H19ClN4O3S2/c1-22(2,14-7-4-3-5-8-14)24-21(28)16-12-11-15(23)13-18(16)27-32(29,30)19-10-6-9-17-20(19)26-31-25-17/h3-13,27H,1-2H3,(H,24,28). The Hall–Kier alpha value is -3.01. The SMILES string of the molecule is CC(C)(NC(=O)c1ccc(Cl)cc1NS(=O)(=O)c1cccc2nsnc12)c1ccccc1. The Morgan fingerprint density at radius 2 is 1.75 bits per heavy atom. The van der Waals surface area contributed by atoms with Crippen LogP contribution in [0.4, 0.5) is 5.69 Å². The first-order valence-electron chi connectivity index (χ1n) is 9.59. The zero-order valence-corrected chi connectivity index (χ0v) is 19.6. The number of amides is 1. The number of sulfonamides is 1. The van der Waals surface area contributed by atoms with Crippen LogP contribution in [-0.4, -0.2) is 23.1 Å².